The Morgan fingerprint density at radius 2 is 2.23 bits per heavy atom. The van der Waals surface area contributed by atoms with Crippen LogP contribution in [0.4, 0.5) is 0 Å². The molecular weight excluding hydrogens is 168 g/mol. The molecule has 1 fully saturated rings. The lowest BCUT2D eigenvalue weighted by Crippen LogP contribution is -2.22. The third kappa shape index (κ3) is 3.57. The first-order valence-electron chi connectivity index (χ1n) is 4.86. The molecule has 1 saturated heterocycles. The number of hydrogen-bond acceptors (Lipinski definition) is 3. The van der Waals surface area contributed by atoms with E-state index in [2.05, 4.69) is 0 Å². The number of carbonyl (C=O) groups excluding carboxylic acids is 2. The average Bonchev–Trinajstić information content (AvgIpc) is 2.04. The molecule has 1 heterocycles. The van der Waals surface area contributed by atoms with E-state index in [0.29, 0.717) is 13.0 Å². The molecule has 0 aromatic rings. The Kier molecular flexibility index (Phi) is 3.93. The van der Waals surface area contributed by atoms with Crippen molar-refractivity contribution in [3.8, 4) is 0 Å². The second kappa shape index (κ2) is 5.00. The number of Topliss-reactive ketones (excluding diaryl/α,β-unsaturated/α-hetero) is 1. The summed E-state index contributed by atoms with van der Waals surface area (Å²) < 4.78 is 5.01. The Bertz CT molecular complexity index is 198. The number of cyclic esters (lactones) is 1. The van der Waals surface area contributed by atoms with Gasteiger partial charge in [-0.1, -0.05) is 12.8 Å². The third-order valence-corrected chi connectivity index (χ3v) is 2.31. The molecule has 3 heteroatoms. The Morgan fingerprint density at radius 1 is 1.46 bits per heavy atom. The summed E-state index contributed by atoms with van der Waals surface area (Å²) in [6.45, 7) is 2.04. The molecule has 1 rings (SSSR count). The van der Waals surface area contributed by atoms with Gasteiger partial charge < -0.3 is 9.53 Å². The molecule has 3 nitrogen and oxygen atoms in total. The van der Waals surface area contributed by atoms with Gasteiger partial charge in [-0.05, 0) is 19.8 Å². The van der Waals surface area contributed by atoms with Crippen LogP contribution in [0.3, 0.4) is 0 Å². The number of esters is 1. The summed E-state index contributed by atoms with van der Waals surface area (Å²) in [4.78, 5) is 22.2. The fourth-order valence-corrected chi connectivity index (χ4v) is 1.61. The molecule has 1 unspecified atom stereocenters. The SMILES string of the molecule is CC(=O)CC1CCCCCOC1=O. The molecule has 0 N–H and O–H groups in total. The minimum atomic E-state index is -0.185. The standard InChI is InChI=1S/C10H16O3/c1-8(11)7-9-5-3-2-4-6-13-10(9)12/h9H,2-7H2,1H3. The van der Waals surface area contributed by atoms with E-state index in [4.69, 9.17) is 4.74 Å². The largest absolute Gasteiger partial charge is 0.465 e. The average molecular weight is 184 g/mol. The van der Waals surface area contributed by atoms with Crippen molar-refractivity contribution in [1.82, 2.24) is 0 Å². The van der Waals surface area contributed by atoms with Crippen LogP contribution in [0.1, 0.15) is 39.0 Å². The van der Waals surface area contributed by atoms with Crippen molar-refractivity contribution >= 4 is 11.8 Å². The summed E-state index contributed by atoms with van der Waals surface area (Å²) in [7, 11) is 0. The molecule has 0 spiro atoms. The van der Waals surface area contributed by atoms with Crippen molar-refractivity contribution in [3.05, 3.63) is 0 Å². The van der Waals surface area contributed by atoms with Crippen LogP contribution in [-0.2, 0) is 14.3 Å². The van der Waals surface area contributed by atoms with Crippen LogP contribution in [0.15, 0.2) is 0 Å². The smallest absolute Gasteiger partial charge is 0.309 e. The molecule has 0 aromatic carbocycles. The lowest BCUT2D eigenvalue weighted by atomic mass is 9.95. The lowest BCUT2D eigenvalue weighted by molar-refractivity contribution is -0.151. The van der Waals surface area contributed by atoms with Gasteiger partial charge in [0.15, 0.2) is 0 Å². The van der Waals surface area contributed by atoms with Crippen molar-refractivity contribution < 1.29 is 14.3 Å². The number of rotatable bonds is 2. The van der Waals surface area contributed by atoms with Crippen molar-refractivity contribution in [2.45, 2.75) is 39.0 Å². The highest BCUT2D eigenvalue weighted by Gasteiger charge is 2.22. The highest BCUT2D eigenvalue weighted by molar-refractivity contribution is 5.82. The Hall–Kier alpha value is -0.860. The zero-order valence-corrected chi connectivity index (χ0v) is 8.04. The molecule has 0 aromatic heterocycles. The van der Waals surface area contributed by atoms with Crippen molar-refractivity contribution in [3.63, 3.8) is 0 Å². The Labute approximate surface area is 78.5 Å². The van der Waals surface area contributed by atoms with Crippen LogP contribution in [-0.4, -0.2) is 18.4 Å². The van der Waals surface area contributed by atoms with Crippen molar-refractivity contribution in [2.24, 2.45) is 5.92 Å². The number of ether oxygens (including phenoxy) is 1. The summed E-state index contributed by atoms with van der Waals surface area (Å²) >= 11 is 0. The van der Waals surface area contributed by atoms with Gasteiger partial charge in [-0.25, -0.2) is 0 Å². The lowest BCUT2D eigenvalue weighted by Gasteiger charge is -2.17. The van der Waals surface area contributed by atoms with Gasteiger partial charge in [0.25, 0.3) is 0 Å². The van der Waals surface area contributed by atoms with Crippen LogP contribution < -0.4 is 0 Å². The van der Waals surface area contributed by atoms with Crippen LogP contribution in [0.25, 0.3) is 0 Å². The van der Waals surface area contributed by atoms with E-state index in [0.717, 1.165) is 25.7 Å². The van der Waals surface area contributed by atoms with Gasteiger partial charge in [-0.2, -0.15) is 0 Å². The molecule has 0 bridgehead atoms. The van der Waals surface area contributed by atoms with Gasteiger partial charge in [-0.15, -0.1) is 0 Å². The van der Waals surface area contributed by atoms with E-state index < -0.39 is 0 Å². The molecule has 0 saturated carbocycles. The summed E-state index contributed by atoms with van der Waals surface area (Å²) in [6, 6.07) is 0. The Morgan fingerprint density at radius 3 is 2.92 bits per heavy atom. The minimum Gasteiger partial charge on any atom is -0.465 e. The van der Waals surface area contributed by atoms with Gasteiger partial charge in [0.1, 0.15) is 5.78 Å². The van der Waals surface area contributed by atoms with Gasteiger partial charge >= 0.3 is 5.97 Å². The Balaban J connectivity index is 2.46. The quantitative estimate of drug-likeness (QED) is 0.613. The van der Waals surface area contributed by atoms with E-state index in [1.807, 2.05) is 0 Å². The molecule has 0 aliphatic carbocycles. The monoisotopic (exact) mass is 184 g/mol. The molecule has 74 valence electrons. The fourth-order valence-electron chi connectivity index (χ4n) is 1.61. The second-order valence-corrected chi connectivity index (χ2v) is 3.62. The number of ketones is 1. The minimum absolute atomic E-state index is 0.0718. The summed E-state index contributed by atoms with van der Waals surface area (Å²) in [6.07, 6.45) is 4.24. The normalized spacial score (nSPS) is 24.4. The van der Waals surface area contributed by atoms with E-state index >= 15 is 0 Å². The van der Waals surface area contributed by atoms with Crippen molar-refractivity contribution in [2.75, 3.05) is 6.61 Å². The van der Waals surface area contributed by atoms with Gasteiger partial charge in [0.05, 0.1) is 12.5 Å². The molecule has 1 aliphatic heterocycles. The maximum atomic E-state index is 11.3. The van der Waals surface area contributed by atoms with Crippen LogP contribution in [0.2, 0.25) is 0 Å². The van der Waals surface area contributed by atoms with E-state index in [-0.39, 0.29) is 17.7 Å². The van der Waals surface area contributed by atoms with Crippen LogP contribution in [0.5, 0.6) is 0 Å². The molecular formula is C10H16O3. The predicted molar refractivity (Wildman–Crippen MR) is 48.2 cm³/mol. The zero-order chi connectivity index (χ0) is 9.68. The van der Waals surface area contributed by atoms with Gasteiger partial charge in [0, 0.05) is 6.42 Å². The maximum Gasteiger partial charge on any atom is 0.309 e. The molecule has 1 aliphatic rings. The van der Waals surface area contributed by atoms with E-state index in [1.165, 1.54) is 6.92 Å². The van der Waals surface area contributed by atoms with E-state index in [1.54, 1.807) is 0 Å². The molecule has 0 amide bonds. The summed E-state index contributed by atoms with van der Waals surface area (Å²) in [5.74, 6) is -0.296. The van der Waals surface area contributed by atoms with Crippen LogP contribution in [0, 0.1) is 5.92 Å². The third-order valence-electron chi connectivity index (χ3n) is 2.31. The zero-order valence-electron chi connectivity index (χ0n) is 8.04. The highest BCUT2D eigenvalue weighted by Crippen LogP contribution is 2.18. The van der Waals surface area contributed by atoms with Crippen LogP contribution >= 0.6 is 0 Å². The number of carbonyl (C=O) groups is 2. The van der Waals surface area contributed by atoms with Crippen molar-refractivity contribution in [1.29, 1.82) is 0 Å². The molecule has 0 radical (unpaired) electrons. The highest BCUT2D eigenvalue weighted by atomic mass is 16.5. The van der Waals surface area contributed by atoms with Gasteiger partial charge in [-0.3, -0.25) is 4.79 Å². The second-order valence-electron chi connectivity index (χ2n) is 3.62. The maximum absolute atomic E-state index is 11.3. The molecule has 13 heavy (non-hydrogen) atoms. The fraction of sp³-hybridized carbons (Fsp3) is 0.800. The first-order valence-corrected chi connectivity index (χ1v) is 4.86. The number of hydrogen-bond donors (Lipinski definition) is 0. The topological polar surface area (TPSA) is 43.4 Å². The first kappa shape index (κ1) is 10.2. The summed E-state index contributed by atoms with van der Waals surface area (Å²) in [5, 5.41) is 0. The molecule has 1 atom stereocenters. The predicted octanol–water partition coefficient (Wildman–Crippen LogP) is 1.70. The summed E-state index contributed by atoms with van der Waals surface area (Å²) in [5.41, 5.74) is 0. The first-order chi connectivity index (χ1) is 6.20. The van der Waals surface area contributed by atoms with E-state index in [9.17, 15) is 9.59 Å². The van der Waals surface area contributed by atoms with Gasteiger partial charge in [0.2, 0.25) is 0 Å².